The van der Waals surface area contributed by atoms with E-state index in [2.05, 4.69) is 0 Å². The number of nitrogens with two attached hydrogens (primary N) is 1. The van der Waals surface area contributed by atoms with E-state index < -0.39 is 34.8 Å². The zero-order valence-corrected chi connectivity index (χ0v) is 12.9. The molecule has 1 aromatic carbocycles. The monoisotopic (exact) mass is 344 g/mol. The Balaban J connectivity index is 2.69. The normalized spacial score (nSPS) is 12.9. The van der Waals surface area contributed by atoms with Crippen LogP contribution in [0.3, 0.4) is 0 Å². The van der Waals surface area contributed by atoms with Gasteiger partial charge in [-0.3, -0.25) is 0 Å². The lowest BCUT2D eigenvalue weighted by Gasteiger charge is -2.18. The summed E-state index contributed by atoms with van der Waals surface area (Å²) in [5.41, 5.74) is 6.52. The van der Waals surface area contributed by atoms with Gasteiger partial charge in [-0.25, -0.2) is 12.7 Å². The van der Waals surface area contributed by atoms with Crippen molar-refractivity contribution in [1.29, 1.82) is 0 Å². The summed E-state index contributed by atoms with van der Waals surface area (Å²) in [6.45, 7) is -0.0434. The molecule has 0 saturated heterocycles. The summed E-state index contributed by atoms with van der Waals surface area (Å²) < 4.78 is 60.9. The zero-order chi connectivity index (χ0) is 16.3. The van der Waals surface area contributed by atoms with Gasteiger partial charge < -0.3 is 5.73 Å². The second-order valence-electron chi connectivity index (χ2n) is 4.64. The minimum atomic E-state index is -4.36. The molecule has 0 aliphatic heterocycles. The van der Waals surface area contributed by atoms with E-state index in [-0.39, 0.29) is 6.54 Å². The first-order valence-corrected chi connectivity index (χ1v) is 8.04. The van der Waals surface area contributed by atoms with Crippen molar-refractivity contribution < 1.29 is 21.6 Å². The number of nitrogen functional groups attached to an aromatic ring is 1. The third-order valence-corrected chi connectivity index (χ3v) is 5.05. The molecule has 0 radical (unpaired) electrons. The Morgan fingerprint density at radius 2 is 1.95 bits per heavy atom. The van der Waals surface area contributed by atoms with Crippen LogP contribution in [-0.2, 0) is 16.6 Å². The highest BCUT2D eigenvalue weighted by Crippen LogP contribution is 2.23. The van der Waals surface area contributed by atoms with E-state index in [1.54, 1.807) is 6.07 Å². The van der Waals surface area contributed by atoms with Crippen LogP contribution in [0.4, 0.5) is 18.9 Å². The molecule has 0 aromatic heterocycles. The van der Waals surface area contributed by atoms with Crippen molar-refractivity contribution in [2.75, 3.05) is 18.5 Å². The fourth-order valence-corrected chi connectivity index (χ4v) is 3.00. The first kappa shape index (κ1) is 18.1. The molecule has 9 heteroatoms. The lowest BCUT2D eigenvalue weighted by atomic mass is 10.2. The van der Waals surface area contributed by atoms with Crippen molar-refractivity contribution in [2.24, 2.45) is 0 Å². The molecule has 0 amide bonds. The average Bonchev–Trinajstić information content (AvgIpc) is 2.31. The molecule has 21 heavy (non-hydrogen) atoms. The van der Waals surface area contributed by atoms with Gasteiger partial charge in [0.2, 0.25) is 10.0 Å². The third-order valence-electron chi connectivity index (χ3n) is 2.80. The van der Waals surface area contributed by atoms with E-state index in [1.807, 2.05) is 0 Å². The third kappa shape index (κ3) is 6.11. The summed E-state index contributed by atoms with van der Waals surface area (Å²) in [5.74, 6) is -0.567. The van der Waals surface area contributed by atoms with E-state index >= 15 is 0 Å². The lowest BCUT2D eigenvalue weighted by molar-refractivity contribution is -0.134. The Bertz CT molecular complexity index is 591. The first-order chi connectivity index (χ1) is 9.51. The summed E-state index contributed by atoms with van der Waals surface area (Å²) >= 11 is 5.93. The number of rotatable bonds is 6. The largest absolute Gasteiger partial charge is 0.399 e. The van der Waals surface area contributed by atoms with Gasteiger partial charge in [-0.05, 0) is 30.2 Å². The standard InChI is InChI=1S/C12H16ClF3N2O2S/c1-18(8-9-7-10(17)3-4-11(9)13)21(19,20)6-2-5-12(14,15)16/h3-4,7H,2,5-6,8,17H2,1H3. The maximum atomic E-state index is 12.0. The van der Waals surface area contributed by atoms with Crippen LogP contribution < -0.4 is 5.73 Å². The molecule has 0 aliphatic carbocycles. The van der Waals surface area contributed by atoms with Gasteiger partial charge in [0, 0.05) is 30.7 Å². The Hall–Kier alpha value is -0.990. The summed E-state index contributed by atoms with van der Waals surface area (Å²) in [6, 6.07) is 4.64. The van der Waals surface area contributed by atoms with Gasteiger partial charge in [-0.15, -0.1) is 0 Å². The van der Waals surface area contributed by atoms with Crippen LogP contribution in [0.5, 0.6) is 0 Å². The van der Waals surface area contributed by atoms with Gasteiger partial charge in [-0.2, -0.15) is 13.2 Å². The van der Waals surface area contributed by atoms with Crippen LogP contribution in [0.2, 0.25) is 5.02 Å². The molecule has 0 unspecified atom stereocenters. The van der Waals surface area contributed by atoms with Gasteiger partial charge >= 0.3 is 6.18 Å². The van der Waals surface area contributed by atoms with Crippen LogP contribution in [0.15, 0.2) is 18.2 Å². The number of halogens is 4. The topological polar surface area (TPSA) is 63.4 Å². The molecule has 0 spiro atoms. The number of nitrogens with zero attached hydrogens (tertiary/aromatic N) is 1. The Kier molecular flexibility index (Phi) is 5.89. The lowest BCUT2D eigenvalue weighted by Crippen LogP contribution is -2.29. The van der Waals surface area contributed by atoms with E-state index in [9.17, 15) is 21.6 Å². The first-order valence-electron chi connectivity index (χ1n) is 6.06. The second kappa shape index (κ2) is 6.85. The number of hydrogen-bond donors (Lipinski definition) is 1. The molecule has 0 fully saturated rings. The molecule has 0 atom stereocenters. The molecule has 1 aromatic rings. The van der Waals surface area contributed by atoms with E-state index in [1.165, 1.54) is 19.2 Å². The van der Waals surface area contributed by atoms with Gasteiger partial charge in [0.1, 0.15) is 0 Å². The minimum Gasteiger partial charge on any atom is -0.399 e. The van der Waals surface area contributed by atoms with Gasteiger partial charge in [-0.1, -0.05) is 11.6 Å². The molecule has 120 valence electrons. The molecule has 0 saturated carbocycles. The average molecular weight is 345 g/mol. The Morgan fingerprint density at radius 3 is 2.52 bits per heavy atom. The van der Waals surface area contributed by atoms with Crippen LogP contribution in [0.1, 0.15) is 18.4 Å². The maximum absolute atomic E-state index is 12.0. The van der Waals surface area contributed by atoms with Gasteiger partial charge in [0.15, 0.2) is 0 Å². The van der Waals surface area contributed by atoms with E-state index in [0.29, 0.717) is 16.3 Å². The van der Waals surface area contributed by atoms with Crippen molar-refractivity contribution in [3.63, 3.8) is 0 Å². The summed E-state index contributed by atoms with van der Waals surface area (Å²) in [4.78, 5) is 0. The number of sulfonamides is 1. The number of hydrogen-bond acceptors (Lipinski definition) is 3. The smallest absolute Gasteiger partial charge is 0.389 e. The van der Waals surface area contributed by atoms with Crippen molar-refractivity contribution in [2.45, 2.75) is 25.6 Å². The number of alkyl halides is 3. The minimum absolute atomic E-state index is 0.0434. The van der Waals surface area contributed by atoms with E-state index in [0.717, 1.165) is 4.31 Å². The van der Waals surface area contributed by atoms with Crippen LogP contribution in [0, 0.1) is 0 Å². The van der Waals surface area contributed by atoms with Crippen molar-refractivity contribution >= 4 is 27.3 Å². The number of benzene rings is 1. The Labute approximate surface area is 126 Å². The summed E-state index contributed by atoms with van der Waals surface area (Å²) in [7, 11) is -2.48. The maximum Gasteiger partial charge on any atom is 0.389 e. The van der Waals surface area contributed by atoms with Crippen LogP contribution >= 0.6 is 11.6 Å². The fraction of sp³-hybridized carbons (Fsp3) is 0.500. The summed E-state index contributed by atoms with van der Waals surface area (Å²) in [6.07, 6.45) is -5.95. The SMILES string of the molecule is CN(Cc1cc(N)ccc1Cl)S(=O)(=O)CCCC(F)(F)F. The molecule has 1 rings (SSSR count). The zero-order valence-electron chi connectivity index (χ0n) is 11.3. The molecular formula is C12H16ClF3N2O2S. The van der Waals surface area contributed by atoms with Crippen molar-refractivity contribution in [1.82, 2.24) is 4.31 Å². The van der Waals surface area contributed by atoms with Crippen molar-refractivity contribution in [3.05, 3.63) is 28.8 Å². The number of anilines is 1. The van der Waals surface area contributed by atoms with Crippen LogP contribution in [-0.4, -0.2) is 31.7 Å². The quantitative estimate of drug-likeness (QED) is 0.807. The highest BCUT2D eigenvalue weighted by atomic mass is 35.5. The fourth-order valence-electron chi connectivity index (χ4n) is 1.66. The highest BCUT2D eigenvalue weighted by Gasteiger charge is 2.28. The molecule has 0 bridgehead atoms. The molecule has 0 aliphatic rings. The molecular weight excluding hydrogens is 329 g/mol. The summed E-state index contributed by atoms with van der Waals surface area (Å²) in [5, 5.41) is 0.349. The van der Waals surface area contributed by atoms with Gasteiger partial charge in [0.25, 0.3) is 0 Å². The predicted octanol–water partition coefficient (Wildman–Crippen LogP) is 3.03. The highest BCUT2D eigenvalue weighted by molar-refractivity contribution is 7.89. The molecule has 0 heterocycles. The van der Waals surface area contributed by atoms with Gasteiger partial charge in [0.05, 0.1) is 5.75 Å². The van der Waals surface area contributed by atoms with Crippen LogP contribution in [0.25, 0.3) is 0 Å². The Morgan fingerprint density at radius 1 is 1.33 bits per heavy atom. The molecule has 4 nitrogen and oxygen atoms in total. The molecule has 2 N–H and O–H groups in total. The van der Waals surface area contributed by atoms with E-state index in [4.69, 9.17) is 17.3 Å². The second-order valence-corrected chi connectivity index (χ2v) is 7.24. The van der Waals surface area contributed by atoms with Crippen molar-refractivity contribution in [3.8, 4) is 0 Å². The predicted molar refractivity (Wildman–Crippen MR) is 76.4 cm³/mol.